The van der Waals surface area contributed by atoms with E-state index in [1.54, 1.807) is 6.20 Å². The summed E-state index contributed by atoms with van der Waals surface area (Å²) in [6, 6.07) is 6.37. The van der Waals surface area contributed by atoms with Gasteiger partial charge in [-0.25, -0.2) is 4.99 Å². The number of hydrogen-bond acceptors (Lipinski definition) is 4. The van der Waals surface area contributed by atoms with Crippen molar-refractivity contribution in [1.29, 1.82) is 0 Å². The first-order chi connectivity index (χ1) is 14.2. The minimum absolute atomic E-state index is 0.327. The van der Waals surface area contributed by atoms with E-state index in [1.165, 1.54) is 24.0 Å². The number of nitrogens with zero attached hydrogens (tertiary/aromatic N) is 3. The lowest BCUT2D eigenvalue weighted by Crippen LogP contribution is -2.48. The Morgan fingerprint density at radius 1 is 1.24 bits per heavy atom. The van der Waals surface area contributed by atoms with Crippen LogP contribution in [0, 0.1) is 5.92 Å². The average molecular weight is 418 g/mol. The maximum Gasteiger partial charge on any atom is 0.127 e. The largest absolute Gasteiger partial charge is 0.493 e. The van der Waals surface area contributed by atoms with Gasteiger partial charge in [-0.1, -0.05) is 19.2 Å². The molecule has 1 aromatic rings. The molecule has 1 fully saturated rings. The number of rotatable bonds is 9. The Labute approximate surface area is 178 Å². The van der Waals surface area contributed by atoms with Gasteiger partial charge in [0.15, 0.2) is 0 Å². The molecule has 1 unspecified atom stereocenters. The second-order valence-electron chi connectivity index (χ2n) is 7.69. The third-order valence-corrected chi connectivity index (χ3v) is 6.21. The first-order valence-electron chi connectivity index (χ1n) is 10.5. The molecule has 0 saturated carbocycles. The van der Waals surface area contributed by atoms with Gasteiger partial charge in [0.2, 0.25) is 0 Å². The van der Waals surface area contributed by atoms with E-state index >= 15 is 0 Å². The molecule has 4 nitrogen and oxygen atoms in total. The monoisotopic (exact) mass is 417 g/mol. The third-order valence-electron chi connectivity index (χ3n) is 5.89. The Balaban J connectivity index is 1.45. The molecule has 1 aliphatic carbocycles. The predicted octanol–water partition coefficient (Wildman–Crippen LogP) is 4.52. The summed E-state index contributed by atoms with van der Waals surface area (Å²) in [4.78, 5) is 9.15. The Bertz CT molecular complexity index is 716. The summed E-state index contributed by atoms with van der Waals surface area (Å²) in [6.07, 6.45) is 8.16. The Hall–Kier alpha value is -1.79. The zero-order valence-corrected chi connectivity index (χ0v) is 18.0. The van der Waals surface area contributed by atoms with Crippen LogP contribution in [-0.4, -0.2) is 60.7 Å². The van der Waals surface area contributed by atoms with Gasteiger partial charge < -0.3 is 9.64 Å². The van der Waals surface area contributed by atoms with Crippen molar-refractivity contribution in [2.24, 2.45) is 10.9 Å². The van der Waals surface area contributed by atoms with E-state index in [9.17, 15) is 3.89 Å². The van der Waals surface area contributed by atoms with Crippen LogP contribution in [0.4, 0.5) is 3.89 Å². The average Bonchev–Trinajstić information content (AvgIpc) is 2.76. The molecule has 6 heteroatoms. The van der Waals surface area contributed by atoms with E-state index in [0.29, 0.717) is 24.5 Å². The SMILES string of the molecule is C=CN=C(C=C)N1CCN(CCC2CCc3ccc(OCCSF)cc3C2)CC1. The van der Waals surface area contributed by atoms with Gasteiger partial charge in [-0.2, -0.15) is 3.89 Å². The zero-order valence-electron chi connectivity index (χ0n) is 17.2. The molecule has 1 heterocycles. The molecular weight excluding hydrogens is 385 g/mol. The minimum atomic E-state index is 0.327. The lowest BCUT2D eigenvalue weighted by Gasteiger charge is -2.36. The minimum Gasteiger partial charge on any atom is -0.493 e. The van der Waals surface area contributed by atoms with Gasteiger partial charge in [-0.15, -0.1) is 0 Å². The maximum absolute atomic E-state index is 12.2. The van der Waals surface area contributed by atoms with Crippen LogP contribution in [-0.2, 0) is 12.8 Å². The van der Waals surface area contributed by atoms with Crippen LogP contribution >= 0.6 is 12.1 Å². The van der Waals surface area contributed by atoms with Gasteiger partial charge in [-0.05, 0) is 67.5 Å². The van der Waals surface area contributed by atoms with E-state index < -0.39 is 0 Å². The first-order valence-corrected chi connectivity index (χ1v) is 11.4. The van der Waals surface area contributed by atoms with Gasteiger partial charge in [0.1, 0.15) is 11.6 Å². The summed E-state index contributed by atoms with van der Waals surface area (Å²) in [6.45, 7) is 13.2. The van der Waals surface area contributed by atoms with Crippen molar-refractivity contribution in [3.05, 3.63) is 54.8 Å². The van der Waals surface area contributed by atoms with Gasteiger partial charge in [0.05, 0.1) is 12.4 Å². The standard InChI is InChI=1S/C23H32FN3OS/c1-3-23(25-4-2)27-13-11-26(12-14-27)10-9-19-5-6-20-7-8-22(18-21(20)17-19)28-15-16-29-24/h3-4,7-8,18-19H,1-2,5-6,9-17H2. The molecule has 0 bridgehead atoms. The summed E-state index contributed by atoms with van der Waals surface area (Å²) < 4.78 is 17.9. The molecule has 3 rings (SSSR count). The molecule has 1 atom stereocenters. The molecule has 29 heavy (non-hydrogen) atoms. The molecule has 1 saturated heterocycles. The topological polar surface area (TPSA) is 28.1 Å². The number of aryl methyl sites for hydroxylation is 1. The van der Waals surface area contributed by atoms with Gasteiger partial charge in [0.25, 0.3) is 0 Å². The molecule has 0 radical (unpaired) electrons. The Kier molecular flexibility index (Phi) is 8.62. The van der Waals surface area contributed by atoms with Crippen LogP contribution in [0.3, 0.4) is 0 Å². The fourth-order valence-electron chi connectivity index (χ4n) is 4.26. The fourth-order valence-corrected chi connectivity index (χ4v) is 4.41. The first kappa shape index (κ1) is 21.9. The van der Waals surface area contributed by atoms with Crippen LogP contribution in [0.2, 0.25) is 0 Å². The van der Waals surface area contributed by atoms with E-state index in [1.807, 2.05) is 12.1 Å². The van der Waals surface area contributed by atoms with Crippen molar-refractivity contribution < 1.29 is 8.62 Å². The van der Waals surface area contributed by atoms with Gasteiger partial charge in [0, 0.05) is 44.5 Å². The van der Waals surface area contributed by atoms with Gasteiger partial charge in [-0.3, -0.25) is 4.90 Å². The molecule has 1 aliphatic heterocycles. The second kappa shape index (κ2) is 11.4. The lowest BCUT2D eigenvalue weighted by atomic mass is 9.82. The Morgan fingerprint density at radius 3 is 2.79 bits per heavy atom. The molecule has 0 spiro atoms. The molecule has 158 valence electrons. The summed E-state index contributed by atoms with van der Waals surface area (Å²) in [7, 11) is 0. The molecule has 0 N–H and O–H groups in total. The van der Waals surface area contributed by atoms with Crippen molar-refractivity contribution >= 4 is 18.0 Å². The van der Waals surface area contributed by atoms with Crippen molar-refractivity contribution in [2.75, 3.05) is 45.1 Å². The smallest absolute Gasteiger partial charge is 0.127 e. The molecule has 0 amide bonds. The molecule has 1 aromatic carbocycles. The van der Waals surface area contributed by atoms with Crippen molar-refractivity contribution in [3.63, 3.8) is 0 Å². The predicted molar refractivity (Wildman–Crippen MR) is 121 cm³/mol. The summed E-state index contributed by atoms with van der Waals surface area (Å²) in [5.41, 5.74) is 2.85. The van der Waals surface area contributed by atoms with E-state index in [4.69, 9.17) is 4.74 Å². The summed E-state index contributed by atoms with van der Waals surface area (Å²) in [5, 5.41) is 0. The van der Waals surface area contributed by atoms with E-state index in [0.717, 1.165) is 63.1 Å². The van der Waals surface area contributed by atoms with Crippen LogP contribution in [0.5, 0.6) is 5.75 Å². The highest BCUT2D eigenvalue weighted by molar-refractivity contribution is 7.94. The van der Waals surface area contributed by atoms with Crippen LogP contribution in [0.25, 0.3) is 0 Å². The van der Waals surface area contributed by atoms with E-state index in [2.05, 4.69) is 40.1 Å². The van der Waals surface area contributed by atoms with Crippen molar-refractivity contribution in [1.82, 2.24) is 9.80 Å². The highest BCUT2D eigenvalue weighted by Gasteiger charge is 2.22. The lowest BCUT2D eigenvalue weighted by molar-refractivity contribution is 0.170. The maximum atomic E-state index is 12.2. The number of ether oxygens (including phenoxy) is 1. The fraction of sp³-hybridized carbons (Fsp3) is 0.522. The Morgan fingerprint density at radius 2 is 2.07 bits per heavy atom. The second-order valence-corrected chi connectivity index (χ2v) is 8.32. The number of fused-ring (bicyclic) bond motifs is 1. The van der Waals surface area contributed by atoms with Crippen molar-refractivity contribution in [3.8, 4) is 5.75 Å². The van der Waals surface area contributed by atoms with Crippen LogP contribution < -0.4 is 4.74 Å². The zero-order chi connectivity index (χ0) is 20.5. The van der Waals surface area contributed by atoms with Gasteiger partial charge >= 0.3 is 0 Å². The number of benzene rings is 1. The highest BCUT2D eigenvalue weighted by atomic mass is 32.2. The van der Waals surface area contributed by atoms with E-state index in [-0.39, 0.29) is 0 Å². The number of aliphatic imine (C=N–C) groups is 1. The number of amidine groups is 1. The quantitative estimate of drug-likeness (QED) is 0.335. The number of piperazine rings is 1. The van der Waals surface area contributed by atoms with Crippen molar-refractivity contribution in [2.45, 2.75) is 25.7 Å². The summed E-state index contributed by atoms with van der Waals surface area (Å²) >= 11 is 0.327. The summed E-state index contributed by atoms with van der Waals surface area (Å²) in [5.74, 6) is 2.89. The highest BCUT2D eigenvalue weighted by Crippen LogP contribution is 2.30. The normalized spacial score (nSPS) is 20.2. The number of hydrogen-bond donors (Lipinski definition) is 0. The van der Waals surface area contributed by atoms with Crippen LogP contribution in [0.1, 0.15) is 24.0 Å². The van der Waals surface area contributed by atoms with Crippen LogP contribution in [0.15, 0.2) is 48.6 Å². The number of halogens is 1. The molecule has 2 aliphatic rings. The molecule has 0 aromatic heterocycles. The molecular formula is C23H32FN3OS. The third kappa shape index (κ3) is 6.34.